The summed E-state index contributed by atoms with van der Waals surface area (Å²) in [4.78, 5) is 31.3. The Bertz CT molecular complexity index is 1130. The van der Waals surface area contributed by atoms with E-state index in [-0.39, 0.29) is 28.5 Å². The van der Waals surface area contributed by atoms with Gasteiger partial charge in [0.15, 0.2) is 0 Å². The van der Waals surface area contributed by atoms with E-state index in [1.807, 2.05) is 0 Å². The van der Waals surface area contributed by atoms with Crippen LogP contribution in [0, 0.1) is 0 Å². The number of Topliss-reactive ketones (excluding diaryl/α,β-unsaturated/α-hetero) is 1. The number of benzene rings is 1. The Balaban J connectivity index is 1.83. The Labute approximate surface area is 177 Å². The maximum atomic E-state index is 12.9. The maximum absolute atomic E-state index is 12.9. The van der Waals surface area contributed by atoms with Gasteiger partial charge in [-0.2, -0.15) is 0 Å². The van der Waals surface area contributed by atoms with Crippen molar-refractivity contribution in [2.24, 2.45) is 0 Å². The van der Waals surface area contributed by atoms with Gasteiger partial charge in [0.2, 0.25) is 0 Å². The van der Waals surface area contributed by atoms with Crippen LogP contribution in [0.2, 0.25) is 5.02 Å². The lowest BCUT2D eigenvalue weighted by Crippen LogP contribution is -2.29. The van der Waals surface area contributed by atoms with E-state index >= 15 is 0 Å². The second-order valence-corrected chi connectivity index (χ2v) is 7.02. The van der Waals surface area contributed by atoms with E-state index in [1.54, 1.807) is 48.7 Å². The molecular weight excluding hydrogens is 408 g/mol. The zero-order valence-electron chi connectivity index (χ0n) is 15.9. The van der Waals surface area contributed by atoms with Gasteiger partial charge in [-0.3, -0.25) is 14.6 Å². The van der Waals surface area contributed by atoms with Crippen LogP contribution < -0.4 is 4.74 Å². The third-order valence-electron chi connectivity index (χ3n) is 4.84. The van der Waals surface area contributed by atoms with E-state index in [4.69, 9.17) is 20.8 Å². The summed E-state index contributed by atoms with van der Waals surface area (Å²) in [6.45, 7) is 0.0803. The molecular formula is C22H17ClN2O5. The number of ether oxygens (including phenoxy) is 1. The standard InChI is InChI=1S/C22H17ClN2O5/c1-29-16-8-7-13(11-15(16)23)20(26)18-19(17-6-4-10-30-17)25(22(28)21(18)27)12-14-5-2-3-9-24-14/h2-11,19,26H,12H2,1H3/b20-18-. The minimum absolute atomic E-state index is 0.0767. The topological polar surface area (TPSA) is 92.9 Å². The molecule has 3 heterocycles. The quantitative estimate of drug-likeness (QED) is 0.378. The molecule has 2 aromatic heterocycles. The number of amides is 1. The largest absolute Gasteiger partial charge is 0.507 e. The van der Waals surface area contributed by atoms with Crippen LogP contribution in [-0.4, -0.2) is 33.8 Å². The fraction of sp³-hybridized carbons (Fsp3) is 0.136. The SMILES string of the molecule is COc1ccc(/C(O)=C2/C(=O)C(=O)N(Cc3ccccn3)C2c2ccco2)cc1Cl. The van der Waals surface area contributed by atoms with E-state index in [2.05, 4.69) is 4.98 Å². The number of carbonyl (C=O) groups excluding carboxylic acids is 2. The van der Waals surface area contributed by atoms with E-state index in [0.717, 1.165) is 0 Å². The van der Waals surface area contributed by atoms with Crippen LogP contribution in [0.3, 0.4) is 0 Å². The van der Waals surface area contributed by atoms with Gasteiger partial charge in [0.1, 0.15) is 23.3 Å². The molecule has 8 heteroatoms. The Kier molecular flexibility index (Phi) is 5.29. The van der Waals surface area contributed by atoms with Gasteiger partial charge >= 0.3 is 0 Å². The molecule has 1 aromatic carbocycles. The van der Waals surface area contributed by atoms with Crippen molar-refractivity contribution in [2.45, 2.75) is 12.6 Å². The van der Waals surface area contributed by atoms with Crippen LogP contribution in [0.25, 0.3) is 5.76 Å². The lowest BCUT2D eigenvalue weighted by Gasteiger charge is -2.22. The number of carbonyl (C=O) groups is 2. The fourth-order valence-corrected chi connectivity index (χ4v) is 3.68. The van der Waals surface area contributed by atoms with Gasteiger partial charge in [0.05, 0.1) is 36.2 Å². The van der Waals surface area contributed by atoms with Crippen LogP contribution in [0.1, 0.15) is 23.1 Å². The predicted molar refractivity (Wildman–Crippen MR) is 109 cm³/mol. The van der Waals surface area contributed by atoms with Crippen molar-refractivity contribution >= 4 is 29.1 Å². The Morgan fingerprint density at radius 2 is 2.07 bits per heavy atom. The fourth-order valence-electron chi connectivity index (χ4n) is 3.42. The molecule has 1 fully saturated rings. The summed E-state index contributed by atoms with van der Waals surface area (Å²) in [7, 11) is 1.47. The molecule has 7 nitrogen and oxygen atoms in total. The average molecular weight is 425 g/mol. The number of ketones is 1. The molecule has 152 valence electrons. The van der Waals surface area contributed by atoms with Gasteiger partial charge in [-0.05, 0) is 42.5 Å². The number of hydrogen-bond acceptors (Lipinski definition) is 6. The first kappa shape index (κ1) is 19.7. The number of furan rings is 1. The van der Waals surface area contributed by atoms with Gasteiger partial charge in [-0.25, -0.2) is 0 Å². The van der Waals surface area contributed by atoms with Crippen LogP contribution in [0.5, 0.6) is 5.75 Å². The number of methoxy groups -OCH3 is 1. The van der Waals surface area contributed by atoms with Crippen molar-refractivity contribution in [3.63, 3.8) is 0 Å². The number of aliphatic hydroxyl groups excluding tert-OH is 1. The van der Waals surface area contributed by atoms with Gasteiger partial charge < -0.3 is 19.2 Å². The van der Waals surface area contributed by atoms with Crippen LogP contribution in [-0.2, 0) is 16.1 Å². The summed E-state index contributed by atoms with van der Waals surface area (Å²) in [5, 5.41) is 11.2. The number of aliphatic hydroxyl groups is 1. The van der Waals surface area contributed by atoms with Crippen molar-refractivity contribution < 1.29 is 23.8 Å². The molecule has 3 aromatic rings. The first-order valence-electron chi connectivity index (χ1n) is 9.07. The minimum atomic E-state index is -0.900. The van der Waals surface area contributed by atoms with Gasteiger partial charge in [0.25, 0.3) is 11.7 Å². The number of aromatic nitrogens is 1. The first-order chi connectivity index (χ1) is 14.5. The molecule has 1 aliphatic rings. The molecule has 4 rings (SSSR count). The molecule has 0 radical (unpaired) electrons. The highest BCUT2D eigenvalue weighted by atomic mass is 35.5. The molecule has 0 spiro atoms. The Morgan fingerprint density at radius 3 is 2.70 bits per heavy atom. The third kappa shape index (κ3) is 3.44. The van der Waals surface area contributed by atoms with E-state index in [0.29, 0.717) is 17.2 Å². The lowest BCUT2D eigenvalue weighted by molar-refractivity contribution is -0.140. The lowest BCUT2D eigenvalue weighted by atomic mass is 9.99. The average Bonchev–Trinajstić information content (AvgIpc) is 3.37. The number of nitrogens with zero attached hydrogens (tertiary/aromatic N) is 2. The van der Waals surface area contributed by atoms with Crippen LogP contribution >= 0.6 is 11.6 Å². The highest BCUT2D eigenvalue weighted by Crippen LogP contribution is 2.41. The molecule has 0 saturated carbocycles. The first-order valence-corrected chi connectivity index (χ1v) is 9.44. The van der Waals surface area contributed by atoms with Crippen LogP contribution in [0.15, 0.2) is 71.0 Å². The number of hydrogen-bond donors (Lipinski definition) is 1. The summed E-state index contributed by atoms with van der Waals surface area (Å²) >= 11 is 6.17. The molecule has 1 saturated heterocycles. The highest BCUT2D eigenvalue weighted by Gasteiger charge is 2.47. The van der Waals surface area contributed by atoms with Gasteiger partial charge in [-0.15, -0.1) is 0 Å². The van der Waals surface area contributed by atoms with E-state index in [1.165, 1.54) is 24.3 Å². The summed E-state index contributed by atoms with van der Waals surface area (Å²) < 4.78 is 10.6. The van der Waals surface area contributed by atoms with Crippen molar-refractivity contribution in [1.82, 2.24) is 9.88 Å². The molecule has 1 atom stereocenters. The predicted octanol–water partition coefficient (Wildman–Crippen LogP) is 3.96. The number of pyridine rings is 1. The van der Waals surface area contributed by atoms with Crippen molar-refractivity contribution in [1.29, 1.82) is 0 Å². The third-order valence-corrected chi connectivity index (χ3v) is 5.13. The number of likely N-dealkylation sites (tertiary alicyclic amines) is 1. The number of halogens is 1. The molecule has 30 heavy (non-hydrogen) atoms. The van der Waals surface area contributed by atoms with E-state index < -0.39 is 17.7 Å². The second kappa shape index (κ2) is 8.04. The van der Waals surface area contributed by atoms with Gasteiger partial charge in [-0.1, -0.05) is 17.7 Å². The minimum Gasteiger partial charge on any atom is -0.507 e. The second-order valence-electron chi connectivity index (χ2n) is 6.61. The van der Waals surface area contributed by atoms with Crippen molar-refractivity contribution in [2.75, 3.05) is 7.11 Å². The Morgan fingerprint density at radius 1 is 1.23 bits per heavy atom. The smallest absolute Gasteiger partial charge is 0.296 e. The Hall–Kier alpha value is -3.58. The summed E-state index contributed by atoms with van der Waals surface area (Å²) in [5.74, 6) is -1.12. The zero-order valence-corrected chi connectivity index (χ0v) is 16.7. The number of rotatable bonds is 5. The van der Waals surface area contributed by atoms with E-state index in [9.17, 15) is 14.7 Å². The normalized spacial score (nSPS) is 18.1. The summed E-state index contributed by atoms with van der Waals surface area (Å²) in [5.41, 5.74) is 0.809. The summed E-state index contributed by atoms with van der Waals surface area (Å²) in [6, 6.07) is 12.3. The van der Waals surface area contributed by atoms with Crippen molar-refractivity contribution in [3.8, 4) is 5.75 Å². The maximum Gasteiger partial charge on any atom is 0.296 e. The molecule has 1 amide bonds. The van der Waals surface area contributed by atoms with Gasteiger partial charge in [0, 0.05) is 11.8 Å². The molecule has 1 unspecified atom stereocenters. The molecule has 0 aliphatic carbocycles. The monoisotopic (exact) mass is 424 g/mol. The molecule has 0 bridgehead atoms. The highest BCUT2D eigenvalue weighted by molar-refractivity contribution is 6.46. The molecule has 1 aliphatic heterocycles. The van der Waals surface area contributed by atoms with Crippen LogP contribution in [0.4, 0.5) is 0 Å². The van der Waals surface area contributed by atoms with Crippen molar-refractivity contribution in [3.05, 3.63) is 88.6 Å². The zero-order chi connectivity index (χ0) is 21.3. The summed E-state index contributed by atoms with van der Waals surface area (Å²) in [6.07, 6.45) is 3.05. The molecule has 1 N–H and O–H groups in total.